The molecular formula is C16H19NO2. The van der Waals surface area contributed by atoms with Crippen molar-refractivity contribution in [3.8, 4) is 11.5 Å². The second-order valence-corrected chi connectivity index (χ2v) is 4.38. The zero-order chi connectivity index (χ0) is 13.7. The van der Waals surface area contributed by atoms with E-state index in [0.717, 1.165) is 17.2 Å². The van der Waals surface area contributed by atoms with E-state index in [1.165, 1.54) is 5.56 Å². The predicted molar refractivity (Wildman–Crippen MR) is 78.0 cm³/mol. The SMILES string of the molecule is COc1cc(NC(C)c2ccccc2)cc(OC)c1. The van der Waals surface area contributed by atoms with Gasteiger partial charge in [0.15, 0.2) is 0 Å². The van der Waals surface area contributed by atoms with E-state index in [0.29, 0.717) is 0 Å². The zero-order valence-electron chi connectivity index (χ0n) is 11.5. The first kappa shape index (κ1) is 13.3. The van der Waals surface area contributed by atoms with Crippen LogP contribution in [0, 0.1) is 0 Å². The van der Waals surface area contributed by atoms with Crippen LogP contribution in [0.15, 0.2) is 48.5 Å². The Labute approximate surface area is 114 Å². The van der Waals surface area contributed by atoms with E-state index in [4.69, 9.17) is 9.47 Å². The lowest BCUT2D eigenvalue weighted by atomic mass is 10.1. The second-order valence-electron chi connectivity index (χ2n) is 4.38. The Hall–Kier alpha value is -2.16. The Bertz CT molecular complexity index is 503. The summed E-state index contributed by atoms with van der Waals surface area (Å²) in [5.41, 5.74) is 2.22. The highest BCUT2D eigenvalue weighted by Gasteiger charge is 2.07. The van der Waals surface area contributed by atoms with Crippen LogP contribution in [0.4, 0.5) is 5.69 Å². The molecule has 0 aliphatic rings. The number of rotatable bonds is 5. The van der Waals surface area contributed by atoms with Gasteiger partial charge in [-0.15, -0.1) is 0 Å². The number of hydrogen-bond donors (Lipinski definition) is 1. The molecule has 0 radical (unpaired) electrons. The highest BCUT2D eigenvalue weighted by Crippen LogP contribution is 2.28. The molecular weight excluding hydrogens is 238 g/mol. The largest absolute Gasteiger partial charge is 0.497 e. The third-order valence-electron chi connectivity index (χ3n) is 3.03. The summed E-state index contributed by atoms with van der Waals surface area (Å²) < 4.78 is 10.5. The monoisotopic (exact) mass is 257 g/mol. The molecule has 0 aliphatic heterocycles. The standard InChI is InChI=1S/C16H19NO2/c1-12(13-7-5-4-6-8-13)17-14-9-15(18-2)11-16(10-14)19-3/h4-12,17H,1-3H3. The van der Waals surface area contributed by atoms with Crippen LogP contribution in [0.2, 0.25) is 0 Å². The second kappa shape index (κ2) is 6.14. The van der Waals surface area contributed by atoms with Gasteiger partial charge in [0.1, 0.15) is 11.5 Å². The fourth-order valence-electron chi connectivity index (χ4n) is 1.97. The lowest BCUT2D eigenvalue weighted by Gasteiger charge is -2.17. The Morgan fingerprint density at radius 3 is 2.00 bits per heavy atom. The number of benzene rings is 2. The van der Waals surface area contributed by atoms with E-state index >= 15 is 0 Å². The molecule has 1 atom stereocenters. The van der Waals surface area contributed by atoms with Gasteiger partial charge in [-0.3, -0.25) is 0 Å². The fourth-order valence-corrected chi connectivity index (χ4v) is 1.97. The van der Waals surface area contributed by atoms with Crippen molar-refractivity contribution < 1.29 is 9.47 Å². The molecule has 0 aromatic heterocycles. The van der Waals surface area contributed by atoms with Gasteiger partial charge in [-0.25, -0.2) is 0 Å². The fraction of sp³-hybridized carbons (Fsp3) is 0.250. The van der Waals surface area contributed by atoms with Gasteiger partial charge in [0.2, 0.25) is 0 Å². The molecule has 0 bridgehead atoms. The smallest absolute Gasteiger partial charge is 0.124 e. The van der Waals surface area contributed by atoms with Gasteiger partial charge < -0.3 is 14.8 Å². The molecule has 1 unspecified atom stereocenters. The Kier molecular flexibility index (Phi) is 4.29. The molecule has 0 fully saturated rings. The number of ether oxygens (including phenoxy) is 2. The number of hydrogen-bond acceptors (Lipinski definition) is 3. The van der Waals surface area contributed by atoms with E-state index in [1.807, 2.05) is 36.4 Å². The molecule has 0 spiro atoms. The molecule has 0 saturated heterocycles. The van der Waals surface area contributed by atoms with E-state index in [-0.39, 0.29) is 6.04 Å². The third-order valence-corrected chi connectivity index (χ3v) is 3.03. The summed E-state index contributed by atoms with van der Waals surface area (Å²) in [6, 6.07) is 16.3. The predicted octanol–water partition coefficient (Wildman–Crippen LogP) is 3.88. The van der Waals surface area contributed by atoms with Crippen molar-refractivity contribution in [2.45, 2.75) is 13.0 Å². The lowest BCUT2D eigenvalue weighted by Crippen LogP contribution is -2.06. The maximum Gasteiger partial charge on any atom is 0.124 e. The number of methoxy groups -OCH3 is 2. The Morgan fingerprint density at radius 1 is 0.895 bits per heavy atom. The van der Waals surface area contributed by atoms with Crippen molar-refractivity contribution in [2.75, 3.05) is 19.5 Å². The van der Waals surface area contributed by atoms with Gasteiger partial charge in [-0.05, 0) is 12.5 Å². The molecule has 3 nitrogen and oxygen atoms in total. The third kappa shape index (κ3) is 3.41. The summed E-state index contributed by atoms with van der Waals surface area (Å²) >= 11 is 0. The molecule has 1 N–H and O–H groups in total. The van der Waals surface area contributed by atoms with Gasteiger partial charge in [-0.1, -0.05) is 30.3 Å². The normalized spacial score (nSPS) is 11.7. The van der Waals surface area contributed by atoms with Crippen molar-refractivity contribution in [3.63, 3.8) is 0 Å². The van der Waals surface area contributed by atoms with Crippen LogP contribution in [-0.2, 0) is 0 Å². The van der Waals surface area contributed by atoms with Crippen LogP contribution in [0.5, 0.6) is 11.5 Å². The maximum atomic E-state index is 5.26. The van der Waals surface area contributed by atoms with Crippen molar-refractivity contribution in [3.05, 3.63) is 54.1 Å². The number of anilines is 1. The highest BCUT2D eigenvalue weighted by molar-refractivity contribution is 5.54. The highest BCUT2D eigenvalue weighted by atomic mass is 16.5. The van der Waals surface area contributed by atoms with Gasteiger partial charge in [0.05, 0.1) is 14.2 Å². The van der Waals surface area contributed by atoms with Crippen LogP contribution < -0.4 is 14.8 Å². The molecule has 3 heteroatoms. The van der Waals surface area contributed by atoms with Crippen LogP contribution in [0.25, 0.3) is 0 Å². The minimum atomic E-state index is 0.220. The lowest BCUT2D eigenvalue weighted by molar-refractivity contribution is 0.394. The first-order valence-electron chi connectivity index (χ1n) is 6.27. The first-order valence-corrected chi connectivity index (χ1v) is 6.27. The quantitative estimate of drug-likeness (QED) is 0.881. The van der Waals surface area contributed by atoms with Crippen molar-refractivity contribution >= 4 is 5.69 Å². The molecule has 2 aromatic rings. The summed E-state index contributed by atoms with van der Waals surface area (Å²) in [6.45, 7) is 2.13. The minimum Gasteiger partial charge on any atom is -0.497 e. The summed E-state index contributed by atoms with van der Waals surface area (Å²) in [7, 11) is 3.30. The average molecular weight is 257 g/mol. The van der Waals surface area contributed by atoms with Gasteiger partial charge in [0, 0.05) is 29.9 Å². The summed E-state index contributed by atoms with van der Waals surface area (Å²) in [5, 5.41) is 3.45. The van der Waals surface area contributed by atoms with E-state index in [2.05, 4.69) is 24.4 Å². The first-order chi connectivity index (χ1) is 9.22. The molecule has 0 aliphatic carbocycles. The van der Waals surface area contributed by atoms with Crippen molar-refractivity contribution in [1.29, 1.82) is 0 Å². The Morgan fingerprint density at radius 2 is 1.47 bits per heavy atom. The molecule has 2 aromatic carbocycles. The molecule has 19 heavy (non-hydrogen) atoms. The van der Waals surface area contributed by atoms with E-state index in [9.17, 15) is 0 Å². The minimum absolute atomic E-state index is 0.220. The molecule has 100 valence electrons. The van der Waals surface area contributed by atoms with Gasteiger partial charge in [-0.2, -0.15) is 0 Å². The summed E-state index contributed by atoms with van der Waals surface area (Å²) in [4.78, 5) is 0. The molecule has 0 amide bonds. The Balaban J connectivity index is 2.18. The maximum absolute atomic E-state index is 5.26. The average Bonchev–Trinajstić information content (AvgIpc) is 2.47. The summed E-state index contributed by atoms with van der Waals surface area (Å²) in [6.07, 6.45) is 0. The van der Waals surface area contributed by atoms with E-state index in [1.54, 1.807) is 14.2 Å². The molecule has 2 rings (SSSR count). The van der Waals surface area contributed by atoms with Crippen LogP contribution >= 0.6 is 0 Å². The van der Waals surface area contributed by atoms with Crippen molar-refractivity contribution in [1.82, 2.24) is 0 Å². The van der Waals surface area contributed by atoms with Crippen molar-refractivity contribution in [2.24, 2.45) is 0 Å². The van der Waals surface area contributed by atoms with Gasteiger partial charge in [0.25, 0.3) is 0 Å². The van der Waals surface area contributed by atoms with Crippen LogP contribution in [0.3, 0.4) is 0 Å². The molecule has 0 saturated carbocycles. The molecule has 0 heterocycles. The zero-order valence-corrected chi connectivity index (χ0v) is 11.5. The topological polar surface area (TPSA) is 30.5 Å². The van der Waals surface area contributed by atoms with E-state index < -0.39 is 0 Å². The van der Waals surface area contributed by atoms with Gasteiger partial charge >= 0.3 is 0 Å². The summed E-state index contributed by atoms with van der Waals surface area (Å²) in [5.74, 6) is 1.56. The van der Waals surface area contributed by atoms with Crippen LogP contribution in [-0.4, -0.2) is 14.2 Å². The van der Waals surface area contributed by atoms with Crippen LogP contribution in [0.1, 0.15) is 18.5 Å². The number of nitrogens with one attached hydrogen (secondary N) is 1.